The van der Waals surface area contributed by atoms with Crippen molar-refractivity contribution in [2.45, 2.75) is 39.4 Å². The van der Waals surface area contributed by atoms with E-state index in [-0.39, 0.29) is 18.0 Å². The summed E-state index contributed by atoms with van der Waals surface area (Å²) in [7, 11) is 0. The fraction of sp³-hybridized carbons (Fsp3) is 0.438. The molecule has 0 atom stereocenters. The molecule has 0 aliphatic heterocycles. The second kappa shape index (κ2) is 6.63. The maximum atomic E-state index is 12.4. The van der Waals surface area contributed by atoms with Crippen molar-refractivity contribution in [2.24, 2.45) is 0 Å². The molecule has 0 aliphatic rings. The van der Waals surface area contributed by atoms with E-state index in [2.05, 4.69) is 5.32 Å². The molecule has 0 saturated heterocycles. The quantitative estimate of drug-likeness (QED) is 0.888. The molecule has 2 aromatic rings. The van der Waals surface area contributed by atoms with Gasteiger partial charge in [-0.2, -0.15) is 0 Å². The van der Waals surface area contributed by atoms with E-state index in [1.54, 1.807) is 17.4 Å². The number of amides is 1. The number of nitrogens with one attached hydrogen (secondary N) is 1. The molecule has 1 amide bonds. The lowest BCUT2D eigenvalue weighted by Crippen LogP contribution is -2.44. The number of hydrogen-bond acceptors (Lipinski definition) is 4. The van der Waals surface area contributed by atoms with Gasteiger partial charge in [0.2, 0.25) is 5.91 Å². The normalized spacial score (nSPS) is 11.6. The van der Waals surface area contributed by atoms with E-state index >= 15 is 0 Å². The van der Waals surface area contributed by atoms with Gasteiger partial charge in [-0.25, -0.2) is 0 Å². The highest BCUT2D eigenvalue weighted by Gasteiger charge is 2.19. The van der Waals surface area contributed by atoms with Gasteiger partial charge in [-0.3, -0.25) is 4.79 Å². The number of rotatable bonds is 6. The Morgan fingerprint density at radius 1 is 1.10 bits per heavy atom. The van der Waals surface area contributed by atoms with E-state index in [4.69, 9.17) is 8.83 Å². The zero-order chi connectivity index (χ0) is 15.3. The summed E-state index contributed by atoms with van der Waals surface area (Å²) >= 11 is 0. The van der Waals surface area contributed by atoms with Gasteiger partial charge in [0.05, 0.1) is 32.2 Å². The molecule has 2 heterocycles. The zero-order valence-corrected chi connectivity index (χ0v) is 12.8. The predicted molar refractivity (Wildman–Crippen MR) is 79.4 cm³/mol. The van der Waals surface area contributed by atoms with Crippen LogP contribution in [-0.2, 0) is 17.9 Å². The van der Waals surface area contributed by atoms with Gasteiger partial charge < -0.3 is 19.1 Å². The number of nitrogens with zero attached hydrogens (tertiary/aromatic N) is 1. The molecule has 5 heteroatoms. The van der Waals surface area contributed by atoms with E-state index < -0.39 is 0 Å². The lowest BCUT2D eigenvalue weighted by Gasteiger charge is -2.25. The minimum atomic E-state index is -0.101. The van der Waals surface area contributed by atoms with Crippen LogP contribution >= 0.6 is 0 Å². The molecule has 1 N–H and O–H groups in total. The van der Waals surface area contributed by atoms with E-state index in [1.165, 1.54) is 0 Å². The molecule has 0 unspecified atom stereocenters. The van der Waals surface area contributed by atoms with E-state index in [9.17, 15) is 4.79 Å². The molecule has 114 valence electrons. The fourth-order valence-electron chi connectivity index (χ4n) is 1.87. The number of hydrogen-bond donors (Lipinski definition) is 1. The van der Waals surface area contributed by atoms with Crippen LogP contribution in [0.1, 0.15) is 32.3 Å². The number of carbonyl (C=O) groups is 1. The Kier molecular flexibility index (Phi) is 4.85. The average molecular weight is 290 g/mol. The first-order valence-corrected chi connectivity index (χ1v) is 7.01. The molecule has 0 spiro atoms. The summed E-state index contributed by atoms with van der Waals surface area (Å²) < 4.78 is 10.7. The van der Waals surface area contributed by atoms with Gasteiger partial charge in [0, 0.05) is 5.54 Å². The van der Waals surface area contributed by atoms with Gasteiger partial charge in [-0.05, 0) is 45.0 Å². The van der Waals surface area contributed by atoms with Crippen molar-refractivity contribution in [2.75, 3.05) is 6.54 Å². The third kappa shape index (κ3) is 5.11. The van der Waals surface area contributed by atoms with Gasteiger partial charge in [0.25, 0.3) is 0 Å². The zero-order valence-electron chi connectivity index (χ0n) is 12.8. The Balaban J connectivity index is 2.01. The van der Waals surface area contributed by atoms with Gasteiger partial charge in [-0.1, -0.05) is 0 Å². The van der Waals surface area contributed by atoms with Crippen LogP contribution in [0, 0.1) is 0 Å². The van der Waals surface area contributed by atoms with Crippen molar-refractivity contribution in [3.8, 4) is 0 Å². The van der Waals surface area contributed by atoms with Crippen LogP contribution < -0.4 is 5.32 Å². The first-order chi connectivity index (χ1) is 9.94. The molecule has 0 aromatic carbocycles. The maximum Gasteiger partial charge on any atom is 0.237 e. The Morgan fingerprint density at radius 2 is 1.62 bits per heavy atom. The van der Waals surface area contributed by atoms with Crippen LogP contribution in [0.4, 0.5) is 0 Å². The summed E-state index contributed by atoms with van der Waals surface area (Å²) in [4.78, 5) is 14.1. The second-order valence-electron chi connectivity index (χ2n) is 6.01. The van der Waals surface area contributed by atoms with Crippen LogP contribution in [-0.4, -0.2) is 22.9 Å². The third-order valence-corrected chi connectivity index (χ3v) is 2.98. The van der Waals surface area contributed by atoms with E-state index in [1.807, 2.05) is 45.0 Å². The summed E-state index contributed by atoms with van der Waals surface area (Å²) in [5.41, 5.74) is -0.101. The van der Waals surface area contributed by atoms with Crippen LogP contribution in [0.15, 0.2) is 45.6 Å². The van der Waals surface area contributed by atoms with E-state index in [0.29, 0.717) is 13.1 Å². The van der Waals surface area contributed by atoms with Crippen LogP contribution in [0.5, 0.6) is 0 Å². The van der Waals surface area contributed by atoms with Gasteiger partial charge >= 0.3 is 0 Å². The van der Waals surface area contributed by atoms with E-state index in [0.717, 1.165) is 11.5 Å². The summed E-state index contributed by atoms with van der Waals surface area (Å²) in [6, 6.07) is 7.36. The molecular formula is C16H22N2O3. The SMILES string of the molecule is CC(C)(C)NCC(=O)N(Cc1ccco1)Cc1ccco1. The van der Waals surface area contributed by atoms with Crippen molar-refractivity contribution in [1.29, 1.82) is 0 Å². The van der Waals surface area contributed by atoms with Crippen LogP contribution in [0.3, 0.4) is 0 Å². The minimum Gasteiger partial charge on any atom is -0.467 e. The lowest BCUT2D eigenvalue weighted by atomic mass is 10.1. The molecule has 0 aliphatic carbocycles. The Hall–Kier alpha value is -2.01. The molecule has 0 saturated carbocycles. The molecule has 2 rings (SSSR count). The lowest BCUT2D eigenvalue weighted by molar-refractivity contribution is -0.132. The summed E-state index contributed by atoms with van der Waals surface area (Å²) in [6.07, 6.45) is 3.22. The first-order valence-electron chi connectivity index (χ1n) is 7.01. The highest BCUT2D eigenvalue weighted by atomic mass is 16.3. The Bertz CT molecular complexity index is 502. The van der Waals surface area contributed by atoms with Gasteiger partial charge in [0.1, 0.15) is 11.5 Å². The minimum absolute atomic E-state index is 0.0118. The Morgan fingerprint density at radius 3 is 2.00 bits per heavy atom. The molecule has 2 aromatic heterocycles. The largest absolute Gasteiger partial charge is 0.467 e. The topological polar surface area (TPSA) is 58.6 Å². The van der Waals surface area contributed by atoms with Gasteiger partial charge in [-0.15, -0.1) is 0 Å². The number of carbonyl (C=O) groups excluding carboxylic acids is 1. The first kappa shape index (κ1) is 15.4. The van der Waals surface area contributed by atoms with Gasteiger partial charge in [0.15, 0.2) is 0 Å². The highest BCUT2D eigenvalue weighted by Crippen LogP contribution is 2.11. The Labute approximate surface area is 124 Å². The molecular weight excluding hydrogens is 268 g/mol. The van der Waals surface area contributed by atoms with Crippen molar-refractivity contribution in [3.05, 3.63) is 48.3 Å². The van der Waals surface area contributed by atoms with Crippen molar-refractivity contribution < 1.29 is 13.6 Å². The average Bonchev–Trinajstić information content (AvgIpc) is 3.07. The third-order valence-electron chi connectivity index (χ3n) is 2.98. The standard InChI is InChI=1S/C16H22N2O3/c1-16(2,3)17-10-15(19)18(11-13-6-4-8-20-13)12-14-7-5-9-21-14/h4-9,17H,10-12H2,1-3H3. The van der Waals surface area contributed by atoms with Crippen LogP contribution in [0.2, 0.25) is 0 Å². The smallest absolute Gasteiger partial charge is 0.237 e. The monoisotopic (exact) mass is 290 g/mol. The molecule has 0 bridgehead atoms. The van der Waals surface area contributed by atoms with Crippen molar-refractivity contribution >= 4 is 5.91 Å². The number of furan rings is 2. The highest BCUT2D eigenvalue weighted by molar-refractivity contribution is 5.78. The second-order valence-corrected chi connectivity index (χ2v) is 6.01. The summed E-state index contributed by atoms with van der Waals surface area (Å²) in [5.74, 6) is 1.52. The van der Waals surface area contributed by atoms with Crippen molar-refractivity contribution in [3.63, 3.8) is 0 Å². The maximum absolute atomic E-state index is 12.4. The molecule has 0 radical (unpaired) electrons. The predicted octanol–water partition coefficient (Wildman–Crippen LogP) is 2.79. The summed E-state index contributed by atoms with van der Waals surface area (Å²) in [6.45, 7) is 7.23. The van der Waals surface area contributed by atoms with Crippen LogP contribution in [0.25, 0.3) is 0 Å². The van der Waals surface area contributed by atoms with Crippen molar-refractivity contribution in [1.82, 2.24) is 10.2 Å². The summed E-state index contributed by atoms with van der Waals surface area (Å²) in [5, 5.41) is 3.21. The molecule has 21 heavy (non-hydrogen) atoms. The molecule has 0 fully saturated rings. The fourth-order valence-corrected chi connectivity index (χ4v) is 1.87. The molecule has 5 nitrogen and oxygen atoms in total.